The molecule has 0 spiro atoms. The molecule has 0 heterocycles. The van der Waals surface area contributed by atoms with E-state index in [4.69, 9.17) is 14.2 Å². The smallest absolute Gasteiger partial charge is 0.129 e. The van der Waals surface area contributed by atoms with Crippen molar-refractivity contribution in [1.29, 1.82) is 0 Å². The van der Waals surface area contributed by atoms with E-state index < -0.39 is 0 Å². The molecular weight excluding hydrogens is 256 g/mol. The van der Waals surface area contributed by atoms with Crippen molar-refractivity contribution in [2.24, 2.45) is 0 Å². The van der Waals surface area contributed by atoms with Gasteiger partial charge < -0.3 is 19.3 Å². The SMILES string of the molecule is COc1cccc(COc2cc(OC)ccc2CO)c1. The number of hydrogen-bond donors (Lipinski definition) is 1. The van der Waals surface area contributed by atoms with Crippen LogP contribution >= 0.6 is 0 Å². The third-order valence-electron chi connectivity index (χ3n) is 2.97. The highest BCUT2D eigenvalue weighted by molar-refractivity contribution is 5.40. The van der Waals surface area contributed by atoms with Crippen LogP contribution in [0.3, 0.4) is 0 Å². The molecule has 106 valence electrons. The van der Waals surface area contributed by atoms with Crippen LogP contribution in [0.25, 0.3) is 0 Å². The van der Waals surface area contributed by atoms with E-state index in [1.807, 2.05) is 24.3 Å². The van der Waals surface area contributed by atoms with Gasteiger partial charge in [-0.25, -0.2) is 0 Å². The molecule has 2 aromatic carbocycles. The molecule has 4 nitrogen and oxygen atoms in total. The second-order valence-electron chi connectivity index (χ2n) is 4.27. The van der Waals surface area contributed by atoms with Crippen molar-refractivity contribution in [3.63, 3.8) is 0 Å². The highest BCUT2D eigenvalue weighted by atomic mass is 16.5. The first kappa shape index (κ1) is 14.2. The van der Waals surface area contributed by atoms with Gasteiger partial charge in [0.15, 0.2) is 0 Å². The minimum atomic E-state index is -0.0720. The molecule has 1 N–H and O–H groups in total. The van der Waals surface area contributed by atoms with E-state index in [1.54, 1.807) is 32.4 Å². The van der Waals surface area contributed by atoms with E-state index in [0.29, 0.717) is 18.1 Å². The van der Waals surface area contributed by atoms with Gasteiger partial charge in [-0.15, -0.1) is 0 Å². The zero-order chi connectivity index (χ0) is 14.4. The minimum Gasteiger partial charge on any atom is -0.497 e. The molecule has 0 unspecified atom stereocenters. The van der Waals surface area contributed by atoms with Crippen LogP contribution in [0.15, 0.2) is 42.5 Å². The number of aliphatic hydroxyl groups is 1. The lowest BCUT2D eigenvalue weighted by atomic mass is 10.2. The molecule has 0 atom stereocenters. The average Bonchev–Trinajstić information content (AvgIpc) is 2.52. The van der Waals surface area contributed by atoms with Crippen LogP contribution < -0.4 is 14.2 Å². The molecule has 0 saturated carbocycles. The number of ether oxygens (including phenoxy) is 3. The van der Waals surface area contributed by atoms with Crippen molar-refractivity contribution in [1.82, 2.24) is 0 Å². The van der Waals surface area contributed by atoms with E-state index in [2.05, 4.69) is 0 Å². The lowest BCUT2D eigenvalue weighted by molar-refractivity contribution is 0.257. The van der Waals surface area contributed by atoms with Gasteiger partial charge in [0.05, 0.1) is 20.8 Å². The Morgan fingerprint density at radius 1 is 0.950 bits per heavy atom. The largest absolute Gasteiger partial charge is 0.497 e. The average molecular weight is 274 g/mol. The van der Waals surface area contributed by atoms with Crippen molar-refractivity contribution in [2.75, 3.05) is 14.2 Å². The molecule has 2 aromatic rings. The minimum absolute atomic E-state index is 0.0720. The summed E-state index contributed by atoms with van der Waals surface area (Å²) in [6.07, 6.45) is 0. The third-order valence-corrected chi connectivity index (χ3v) is 2.97. The first-order valence-corrected chi connectivity index (χ1v) is 6.30. The van der Waals surface area contributed by atoms with Gasteiger partial charge in [-0.2, -0.15) is 0 Å². The Kier molecular flexibility index (Phi) is 4.85. The Bertz CT molecular complexity index is 566. The number of benzene rings is 2. The first-order valence-electron chi connectivity index (χ1n) is 6.30. The normalized spacial score (nSPS) is 10.2. The van der Waals surface area contributed by atoms with Crippen molar-refractivity contribution < 1.29 is 19.3 Å². The van der Waals surface area contributed by atoms with Crippen molar-refractivity contribution in [2.45, 2.75) is 13.2 Å². The van der Waals surface area contributed by atoms with E-state index >= 15 is 0 Å². The molecule has 2 rings (SSSR count). The zero-order valence-corrected chi connectivity index (χ0v) is 11.6. The van der Waals surface area contributed by atoms with Gasteiger partial charge in [-0.3, -0.25) is 0 Å². The summed E-state index contributed by atoms with van der Waals surface area (Å²) >= 11 is 0. The van der Waals surface area contributed by atoms with Gasteiger partial charge >= 0.3 is 0 Å². The Hall–Kier alpha value is -2.20. The van der Waals surface area contributed by atoms with Crippen LogP contribution in [0.4, 0.5) is 0 Å². The first-order chi connectivity index (χ1) is 9.76. The van der Waals surface area contributed by atoms with Crippen LogP contribution in [0.5, 0.6) is 17.2 Å². The molecular formula is C16H18O4. The molecule has 0 amide bonds. The molecule has 0 bridgehead atoms. The topological polar surface area (TPSA) is 47.9 Å². The van der Waals surface area contributed by atoms with Crippen molar-refractivity contribution >= 4 is 0 Å². The third kappa shape index (κ3) is 3.42. The van der Waals surface area contributed by atoms with Gasteiger partial charge in [-0.1, -0.05) is 12.1 Å². The second kappa shape index (κ2) is 6.82. The molecule has 20 heavy (non-hydrogen) atoms. The van der Waals surface area contributed by atoms with Crippen molar-refractivity contribution in [3.05, 3.63) is 53.6 Å². The summed E-state index contributed by atoms with van der Waals surface area (Å²) < 4.78 is 16.1. The number of methoxy groups -OCH3 is 2. The second-order valence-corrected chi connectivity index (χ2v) is 4.27. The van der Waals surface area contributed by atoms with Gasteiger partial charge in [-0.05, 0) is 29.8 Å². The van der Waals surface area contributed by atoms with Gasteiger partial charge in [0.25, 0.3) is 0 Å². The van der Waals surface area contributed by atoms with Crippen LogP contribution in [-0.2, 0) is 13.2 Å². The summed E-state index contributed by atoms with van der Waals surface area (Å²) in [6.45, 7) is 0.328. The van der Waals surface area contributed by atoms with Crippen LogP contribution in [0.1, 0.15) is 11.1 Å². The predicted octanol–water partition coefficient (Wildman–Crippen LogP) is 2.78. The highest BCUT2D eigenvalue weighted by Gasteiger charge is 2.06. The molecule has 0 aliphatic carbocycles. The Morgan fingerprint density at radius 2 is 1.70 bits per heavy atom. The molecule has 0 radical (unpaired) electrons. The maximum Gasteiger partial charge on any atom is 0.129 e. The summed E-state index contributed by atoms with van der Waals surface area (Å²) in [5, 5.41) is 9.32. The summed E-state index contributed by atoms with van der Waals surface area (Å²) in [5.74, 6) is 2.11. The van der Waals surface area contributed by atoms with Gasteiger partial charge in [0.2, 0.25) is 0 Å². The molecule has 0 saturated heterocycles. The number of rotatable bonds is 6. The van der Waals surface area contributed by atoms with E-state index in [0.717, 1.165) is 16.9 Å². The molecule has 0 aliphatic heterocycles. The maximum atomic E-state index is 9.32. The monoisotopic (exact) mass is 274 g/mol. The quantitative estimate of drug-likeness (QED) is 0.880. The summed E-state index contributed by atoms with van der Waals surface area (Å²) in [4.78, 5) is 0. The number of hydrogen-bond acceptors (Lipinski definition) is 4. The highest BCUT2D eigenvalue weighted by Crippen LogP contribution is 2.26. The van der Waals surface area contributed by atoms with Crippen LogP contribution in [0.2, 0.25) is 0 Å². The summed E-state index contributed by atoms with van der Waals surface area (Å²) in [5.41, 5.74) is 1.73. The fraction of sp³-hybridized carbons (Fsp3) is 0.250. The standard InChI is InChI=1S/C16H18O4/c1-18-14-5-3-4-12(8-14)11-20-16-9-15(19-2)7-6-13(16)10-17/h3-9,17H,10-11H2,1-2H3. The van der Waals surface area contributed by atoms with Crippen LogP contribution in [0, 0.1) is 0 Å². The lowest BCUT2D eigenvalue weighted by Gasteiger charge is -2.12. The Balaban J connectivity index is 2.12. The molecule has 0 aromatic heterocycles. The zero-order valence-electron chi connectivity index (χ0n) is 11.6. The van der Waals surface area contributed by atoms with Crippen LogP contribution in [-0.4, -0.2) is 19.3 Å². The predicted molar refractivity (Wildman–Crippen MR) is 76.2 cm³/mol. The Morgan fingerprint density at radius 3 is 2.40 bits per heavy atom. The van der Waals surface area contributed by atoms with Crippen molar-refractivity contribution in [3.8, 4) is 17.2 Å². The fourth-order valence-electron chi connectivity index (χ4n) is 1.85. The fourth-order valence-corrected chi connectivity index (χ4v) is 1.85. The summed E-state index contributed by atoms with van der Waals surface area (Å²) in [6, 6.07) is 13.0. The maximum absolute atomic E-state index is 9.32. The molecule has 0 aliphatic rings. The van der Waals surface area contributed by atoms with Gasteiger partial charge in [0, 0.05) is 11.6 Å². The molecule has 4 heteroatoms. The number of aliphatic hydroxyl groups excluding tert-OH is 1. The van der Waals surface area contributed by atoms with E-state index in [9.17, 15) is 5.11 Å². The lowest BCUT2D eigenvalue weighted by Crippen LogP contribution is -1.99. The molecule has 0 fully saturated rings. The van der Waals surface area contributed by atoms with E-state index in [1.165, 1.54) is 0 Å². The van der Waals surface area contributed by atoms with Gasteiger partial charge in [0.1, 0.15) is 23.9 Å². The van der Waals surface area contributed by atoms with E-state index in [-0.39, 0.29) is 6.61 Å². The Labute approximate surface area is 118 Å². The summed E-state index contributed by atoms with van der Waals surface area (Å²) in [7, 11) is 3.23.